The number of halogens is 1. The Kier molecular flexibility index (Phi) is 8.03. The molecule has 5 rings (SSSR count). The number of imidazole rings is 1. The van der Waals surface area contributed by atoms with Gasteiger partial charge in [-0.3, -0.25) is 4.57 Å². The zero-order valence-corrected chi connectivity index (χ0v) is 22.4. The van der Waals surface area contributed by atoms with E-state index < -0.39 is 0 Å². The van der Waals surface area contributed by atoms with Crippen LogP contribution in [0.25, 0.3) is 28.2 Å². The van der Waals surface area contributed by atoms with E-state index in [-0.39, 0.29) is 6.03 Å². The van der Waals surface area contributed by atoms with Gasteiger partial charge in [-0.15, -0.1) is 0 Å². The van der Waals surface area contributed by atoms with Crippen molar-refractivity contribution in [1.82, 2.24) is 14.9 Å². The molecule has 2 N–H and O–H groups in total. The molecule has 0 atom stereocenters. The SMILES string of the molecule is O=C(NCCSc1nc(-c2ccccc2)c(-c2ccccc2)n1-c1ccccc1)Nc1ccccc1Br. The van der Waals surface area contributed by atoms with Gasteiger partial charge in [0.05, 0.1) is 17.1 Å². The van der Waals surface area contributed by atoms with Gasteiger partial charge < -0.3 is 10.6 Å². The summed E-state index contributed by atoms with van der Waals surface area (Å²) < 4.78 is 3.05. The molecule has 37 heavy (non-hydrogen) atoms. The Morgan fingerprint density at radius 1 is 0.784 bits per heavy atom. The summed E-state index contributed by atoms with van der Waals surface area (Å²) >= 11 is 5.07. The molecule has 0 bridgehead atoms. The van der Waals surface area contributed by atoms with Crippen LogP contribution in [0.4, 0.5) is 10.5 Å². The van der Waals surface area contributed by atoms with E-state index in [1.165, 1.54) is 0 Å². The van der Waals surface area contributed by atoms with Gasteiger partial charge in [0.1, 0.15) is 0 Å². The Balaban J connectivity index is 1.42. The van der Waals surface area contributed by atoms with Crippen LogP contribution < -0.4 is 10.6 Å². The van der Waals surface area contributed by atoms with Gasteiger partial charge in [0.25, 0.3) is 0 Å². The number of nitrogens with one attached hydrogen (secondary N) is 2. The zero-order chi connectivity index (χ0) is 25.5. The number of carbonyl (C=O) groups is 1. The van der Waals surface area contributed by atoms with Gasteiger partial charge in [0.15, 0.2) is 5.16 Å². The number of hydrogen-bond donors (Lipinski definition) is 2. The Morgan fingerprint density at radius 2 is 1.38 bits per heavy atom. The maximum Gasteiger partial charge on any atom is 0.319 e. The second-order valence-electron chi connectivity index (χ2n) is 8.20. The highest BCUT2D eigenvalue weighted by Crippen LogP contribution is 2.38. The predicted molar refractivity (Wildman–Crippen MR) is 156 cm³/mol. The number of anilines is 1. The molecular formula is C30H25BrN4OS. The van der Waals surface area contributed by atoms with Crippen LogP contribution >= 0.6 is 27.7 Å². The number of carbonyl (C=O) groups excluding carboxylic acids is 1. The lowest BCUT2D eigenvalue weighted by Crippen LogP contribution is -2.30. The maximum atomic E-state index is 12.4. The molecule has 2 amide bonds. The lowest BCUT2D eigenvalue weighted by molar-refractivity contribution is 0.252. The van der Waals surface area contributed by atoms with Crippen molar-refractivity contribution in [1.29, 1.82) is 0 Å². The van der Waals surface area contributed by atoms with Crippen molar-refractivity contribution in [3.63, 3.8) is 0 Å². The molecule has 0 aliphatic rings. The minimum atomic E-state index is -0.242. The molecule has 0 saturated carbocycles. The summed E-state index contributed by atoms with van der Waals surface area (Å²) in [5.74, 6) is 0.662. The molecule has 184 valence electrons. The van der Waals surface area contributed by atoms with Gasteiger partial charge in [0, 0.05) is 33.6 Å². The first-order valence-electron chi connectivity index (χ1n) is 11.9. The predicted octanol–water partition coefficient (Wildman–Crippen LogP) is 7.88. The monoisotopic (exact) mass is 568 g/mol. The fraction of sp³-hybridized carbons (Fsp3) is 0.0667. The Morgan fingerprint density at radius 3 is 2.05 bits per heavy atom. The molecule has 5 aromatic rings. The fourth-order valence-electron chi connectivity index (χ4n) is 4.01. The van der Waals surface area contributed by atoms with Gasteiger partial charge >= 0.3 is 6.03 Å². The quantitative estimate of drug-likeness (QED) is 0.148. The number of amides is 2. The van der Waals surface area contributed by atoms with Gasteiger partial charge in [-0.2, -0.15) is 0 Å². The summed E-state index contributed by atoms with van der Waals surface area (Å²) in [7, 11) is 0. The van der Waals surface area contributed by atoms with E-state index in [0.29, 0.717) is 12.3 Å². The Bertz CT molecular complexity index is 1470. The second-order valence-corrected chi connectivity index (χ2v) is 10.1. The number of aromatic nitrogens is 2. The van der Waals surface area contributed by atoms with Crippen LogP contribution in [0, 0.1) is 0 Å². The molecular weight excluding hydrogens is 544 g/mol. The smallest absolute Gasteiger partial charge is 0.319 e. The van der Waals surface area contributed by atoms with E-state index >= 15 is 0 Å². The number of benzene rings is 4. The van der Waals surface area contributed by atoms with Gasteiger partial charge in [-0.25, -0.2) is 9.78 Å². The van der Waals surface area contributed by atoms with Crippen LogP contribution in [0.1, 0.15) is 0 Å². The molecule has 7 heteroatoms. The Labute approximate surface area is 229 Å². The van der Waals surface area contributed by atoms with Crippen LogP contribution in [0.3, 0.4) is 0 Å². The number of rotatable bonds is 8. The van der Waals surface area contributed by atoms with Crippen molar-refractivity contribution in [2.45, 2.75) is 5.16 Å². The van der Waals surface area contributed by atoms with E-state index in [4.69, 9.17) is 4.98 Å². The van der Waals surface area contributed by atoms with E-state index in [0.717, 1.165) is 43.5 Å². The number of para-hydroxylation sites is 2. The summed E-state index contributed by atoms with van der Waals surface area (Å²) in [4.78, 5) is 17.5. The largest absolute Gasteiger partial charge is 0.337 e. The third-order valence-electron chi connectivity index (χ3n) is 5.70. The minimum absolute atomic E-state index is 0.242. The number of nitrogens with zero attached hydrogens (tertiary/aromatic N) is 2. The third kappa shape index (κ3) is 5.96. The van der Waals surface area contributed by atoms with Crippen molar-refractivity contribution < 1.29 is 4.79 Å². The first-order chi connectivity index (χ1) is 18.2. The number of thioether (sulfide) groups is 1. The van der Waals surface area contributed by atoms with Crippen molar-refractivity contribution in [3.8, 4) is 28.2 Å². The second kappa shape index (κ2) is 12.0. The molecule has 0 aliphatic carbocycles. The van der Waals surface area contributed by atoms with Gasteiger partial charge in [-0.05, 0) is 40.2 Å². The highest BCUT2D eigenvalue weighted by Gasteiger charge is 2.21. The number of hydrogen-bond acceptors (Lipinski definition) is 3. The summed E-state index contributed by atoms with van der Waals surface area (Å²) in [6.45, 7) is 0.490. The topological polar surface area (TPSA) is 59.0 Å². The minimum Gasteiger partial charge on any atom is -0.337 e. The highest BCUT2D eigenvalue weighted by molar-refractivity contribution is 9.10. The van der Waals surface area contributed by atoms with Crippen LogP contribution in [0.2, 0.25) is 0 Å². The summed E-state index contributed by atoms with van der Waals surface area (Å²) in [5.41, 5.74) is 5.89. The van der Waals surface area contributed by atoms with Gasteiger partial charge in [-0.1, -0.05) is 103 Å². The molecule has 1 aromatic heterocycles. The molecule has 0 radical (unpaired) electrons. The molecule has 0 unspecified atom stereocenters. The molecule has 1 heterocycles. The van der Waals surface area contributed by atoms with Crippen LogP contribution in [-0.4, -0.2) is 27.9 Å². The highest BCUT2D eigenvalue weighted by atomic mass is 79.9. The van der Waals surface area contributed by atoms with Crippen molar-refractivity contribution in [2.24, 2.45) is 0 Å². The molecule has 5 nitrogen and oxygen atoms in total. The lowest BCUT2D eigenvalue weighted by atomic mass is 10.0. The fourth-order valence-corrected chi connectivity index (χ4v) is 5.26. The van der Waals surface area contributed by atoms with Crippen LogP contribution in [-0.2, 0) is 0 Å². The maximum absolute atomic E-state index is 12.4. The molecule has 0 spiro atoms. The van der Waals surface area contributed by atoms with Crippen LogP contribution in [0.5, 0.6) is 0 Å². The summed E-state index contributed by atoms with van der Waals surface area (Å²) in [5, 5.41) is 6.69. The lowest BCUT2D eigenvalue weighted by Gasteiger charge is -2.13. The van der Waals surface area contributed by atoms with Crippen LogP contribution in [0.15, 0.2) is 125 Å². The van der Waals surface area contributed by atoms with Crippen molar-refractivity contribution in [3.05, 3.63) is 120 Å². The van der Waals surface area contributed by atoms with Crippen molar-refractivity contribution in [2.75, 3.05) is 17.6 Å². The standard InChI is InChI=1S/C30H25BrN4OS/c31-25-18-10-11-19-26(25)33-29(36)32-20-21-37-30-34-27(22-12-4-1-5-13-22)28(23-14-6-2-7-15-23)35(30)24-16-8-3-9-17-24/h1-19H,20-21H2,(H2,32,33,36). The normalized spacial score (nSPS) is 10.7. The zero-order valence-electron chi connectivity index (χ0n) is 20.0. The average molecular weight is 570 g/mol. The number of urea groups is 1. The average Bonchev–Trinajstić information content (AvgIpc) is 3.33. The first-order valence-corrected chi connectivity index (χ1v) is 13.7. The first kappa shape index (κ1) is 24.9. The van der Waals surface area contributed by atoms with Gasteiger partial charge in [0.2, 0.25) is 0 Å². The van der Waals surface area contributed by atoms with E-state index in [9.17, 15) is 4.79 Å². The third-order valence-corrected chi connectivity index (χ3v) is 7.33. The molecule has 0 fully saturated rings. The molecule has 4 aromatic carbocycles. The van der Waals surface area contributed by atoms with E-state index in [1.54, 1.807) is 11.8 Å². The summed E-state index contributed by atoms with van der Waals surface area (Å²) in [6.07, 6.45) is 0. The molecule has 0 saturated heterocycles. The molecule has 0 aliphatic heterocycles. The van der Waals surface area contributed by atoms with E-state index in [2.05, 4.69) is 67.5 Å². The Hall–Kier alpha value is -3.81. The van der Waals surface area contributed by atoms with E-state index in [1.807, 2.05) is 78.9 Å². The van der Waals surface area contributed by atoms with Crippen molar-refractivity contribution >= 4 is 39.4 Å². The summed E-state index contributed by atoms with van der Waals surface area (Å²) in [6, 6.07) is 38.2.